The number of carbonyl (C=O) groups is 3. The molecule has 0 atom stereocenters. The first kappa shape index (κ1) is 19.1. The van der Waals surface area contributed by atoms with Crippen LogP contribution in [0.5, 0.6) is 0 Å². The number of hydrogen-bond acceptors (Lipinski definition) is 5. The van der Waals surface area contributed by atoms with Crippen molar-refractivity contribution in [1.82, 2.24) is 0 Å². The number of ketones is 1. The molecule has 0 unspecified atom stereocenters. The Morgan fingerprint density at radius 2 is 1.77 bits per heavy atom. The van der Waals surface area contributed by atoms with Gasteiger partial charge in [-0.15, -0.1) is 11.3 Å². The number of thiophene rings is 1. The Morgan fingerprint density at radius 1 is 1.12 bits per heavy atom. The van der Waals surface area contributed by atoms with Crippen LogP contribution in [-0.2, 0) is 14.3 Å². The van der Waals surface area contributed by atoms with Gasteiger partial charge in [-0.25, -0.2) is 4.79 Å². The number of esters is 1. The third kappa shape index (κ3) is 4.00. The molecule has 3 rings (SSSR count). The zero-order chi connectivity index (χ0) is 18.7. The van der Waals surface area contributed by atoms with Crippen molar-refractivity contribution in [2.45, 2.75) is 64.3 Å². The van der Waals surface area contributed by atoms with Crippen LogP contribution in [0.1, 0.15) is 68.0 Å². The van der Waals surface area contributed by atoms with Gasteiger partial charge in [-0.3, -0.25) is 9.59 Å². The maximum absolute atomic E-state index is 13.4. The molecule has 0 aliphatic heterocycles. The van der Waals surface area contributed by atoms with E-state index in [0.717, 1.165) is 25.7 Å². The highest BCUT2D eigenvalue weighted by Crippen LogP contribution is 2.37. The molecule has 26 heavy (non-hydrogen) atoms. The second kappa shape index (κ2) is 8.33. The smallest absolute Gasteiger partial charge is 0.350 e. The van der Waals surface area contributed by atoms with Gasteiger partial charge in [0.15, 0.2) is 0 Å². The van der Waals surface area contributed by atoms with Crippen LogP contribution < -0.4 is 4.90 Å². The Labute approximate surface area is 158 Å². The van der Waals surface area contributed by atoms with Crippen LogP contribution in [0.15, 0.2) is 11.4 Å². The molecule has 2 aliphatic carbocycles. The summed E-state index contributed by atoms with van der Waals surface area (Å²) >= 11 is 1.30. The van der Waals surface area contributed by atoms with Crippen molar-refractivity contribution in [3.8, 4) is 0 Å². The molecule has 2 aliphatic rings. The quantitative estimate of drug-likeness (QED) is 0.738. The van der Waals surface area contributed by atoms with E-state index in [2.05, 4.69) is 6.92 Å². The van der Waals surface area contributed by atoms with E-state index in [9.17, 15) is 14.4 Å². The summed E-state index contributed by atoms with van der Waals surface area (Å²) in [5, 5.41) is 1.83. The number of Topliss-reactive ketones (excluding diaryl/α,β-unsaturated/α-hetero) is 1. The molecule has 142 valence electrons. The Kier molecular flexibility index (Phi) is 6.12. The Balaban J connectivity index is 1.89. The van der Waals surface area contributed by atoms with Gasteiger partial charge in [-0.1, -0.05) is 6.92 Å². The zero-order valence-electron chi connectivity index (χ0n) is 15.5. The number of methoxy groups -OCH3 is 1. The molecule has 1 aromatic rings. The number of nitrogens with zero attached hydrogens (tertiary/aromatic N) is 1. The minimum Gasteiger partial charge on any atom is -0.465 e. The highest BCUT2D eigenvalue weighted by Gasteiger charge is 2.36. The Hall–Kier alpha value is -1.69. The lowest BCUT2D eigenvalue weighted by Gasteiger charge is -2.37. The van der Waals surface area contributed by atoms with Gasteiger partial charge in [0.05, 0.1) is 12.8 Å². The van der Waals surface area contributed by atoms with E-state index >= 15 is 0 Å². The number of hydrogen-bond donors (Lipinski definition) is 0. The van der Waals surface area contributed by atoms with Crippen LogP contribution >= 0.6 is 11.3 Å². The summed E-state index contributed by atoms with van der Waals surface area (Å²) in [7, 11) is 1.36. The number of carbonyl (C=O) groups excluding carboxylic acids is 3. The molecule has 0 radical (unpaired) electrons. The predicted molar refractivity (Wildman–Crippen MR) is 102 cm³/mol. The highest BCUT2D eigenvalue weighted by molar-refractivity contribution is 7.12. The summed E-state index contributed by atoms with van der Waals surface area (Å²) in [5.41, 5.74) is 0.657. The second-order valence-corrected chi connectivity index (χ2v) is 8.48. The van der Waals surface area contributed by atoms with E-state index in [0.29, 0.717) is 42.2 Å². The van der Waals surface area contributed by atoms with Crippen LogP contribution in [0, 0.1) is 11.8 Å². The van der Waals surface area contributed by atoms with Crippen LogP contribution in [0.3, 0.4) is 0 Å². The lowest BCUT2D eigenvalue weighted by atomic mass is 9.81. The van der Waals surface area contributed by atoms with Gasteiger partial charge in [0.25, 0.3) is 0 Å². The summed E-state index contributed by atoms with van der Waals surface area (Å²) in [6.07, 6.45) is 6.30. The lowest BCUT2D eigenvalue weighted by Crippen LogP contribution is -2.46. The summed E-state index contributed by atoms with van der Waals surface area (Å²) < 4.78 is 4.91. The van der Waals surface area contributed by atoms with Gasteiger partial charge in [-0.05, 0) is 55.9 Å². The number of ether oxygens (including phenoxy) is 1. The molecule has 0 spiro atoms. The van der Waals surface area contributed by atoms with Crippen LogP contribution in [-0.4, -0.2) is 30.8 Å². The van der Waals surface area contributed by atoms with E-state index in [1.807, 2.05) is 16.3 Å². The number of amides is 1. The first-order valence-corrected chi connectivity index (χ1v) is 10.4. The highest BCUT2D eigenvalue weighted by atomic mass is 32.1. The lowest BCUT2D eigenvalue weighted by molar-refractivity contribution is -0.125. The van der Waals surface area contributed by atoms with Gasteiger partial charge < -0.3 is 9.64 Å². The van der Waals surface area contributed by atoms with E-state index in [1.54, 1.807) is 0 Å². The minimum atomic E-state index is -0.406. The molecule has 0 saturated heterocycles. The fraction of sp³-hybridized carbons (Fsp3) is 0.650. The van der Waals surface area contributed by atoms with E-state index < -0.39 is 5.97 Å². The van der Waals surface area contributed by atoms with Gasteiger partial charge in [0, 0.05) is 24.8 Å². The first-order chi connectivity index (χ1) is 12.5. The first-order valence-electron chi connectivity index (χ1n) is 9.51. The maximum atomic E-state index is 13.4. The van der Waals surface area contributed by atoms with Gasteiger partial charge >= 0.3 is 5.97 Å². The van der Waals surface area contributed by atoms with Gasteiger partial charge in [-0.2, -0.15) is 0 Å². The minimum absolute atomic E-state index is 0.00854. The van der Waals surface area contributed by atoms with Crippen molar-refractivity contribution in [3.63, 3.8) is 0 Å². The molecule has 2 fully saturated rings. The predicted octanol–water partition coefficient (Wildman–Crippen LogP) is 4.21. The van der Waals surface area contributed by atoms with E-state index in [-0.39, 0.29) is 23.7 Å². The summed E-state index contributed by atoms with van der Waals surface area (Å²) in [5.74, 6) is 0.649. The number of anilines is 1. The van der Waals surface area contributed by atoms with Gasteiger partial charge in [0.2, 0.25) is 5.91 Å². The largest absolute Gasteiger partial charge is 0.465 e. The van der Waals surface area contributed by atoms with E-state index in [4.69, 9.17) is 4.74 Å². The summed E-state index contributed by atoms with van der Waals surface area (Å²) in [6, 6.07) is 1.83. The Bertz CT molecular complexity index is 665. The molecular formula is C20H27NO4S. The average molecular weight is 378 g/mol. The molecule has 1 aromatic heterocycles. The van der Waals surface area contributed by atoms with Crippen molar-refractivity contribution in [3.05, 3.63) is 16.3 Å². The Morgan fingerprint density at radius 3 is 2.38 bits per heavy atom. The normalized spacial score (nSPS) is 24.3. The standard InChI is InChI=1S/C20H27NO4S/c1-13-3-5-14(6-4-13)19(23)21(15-7-9-16(22)10-8-15)17-11-12-26-18(17)20(24)25-2/h11-15H,3-10H2,1-2H3. The molecule has 2 saturated carbocycles. The van der Waals surface area contributed by atoms with Crippen LogP contribution in [0.25, 0.3) is 0 Å². The third-order valence-electron chi connectivity index (χ3n) is 5.76. The average Bonchev–Trinajstić information content (AvgIpc) is 3.12. The molecule has 1 heterocycles. The SMILES string of the molecule is COC(=O)c1sccc1N(C(=O)C1CCC(C)CC1)C1CCC(=O)CC1. The van der Waals surface area contributed by atoms with Gasteiger partial charge in [0.1, 0.15) is 10.7 Å². The van der Waals surface area contributed by atoms with Crippen molar-refractivity contribution in [2.75, 3.05) is 12.0 Å². The van der Waals surface area contributed by atoms with Crippen molar-refractivity contribution in [1.29, 1.82) is 0 Å². The van der Waals surface area contributed by atoms with Crippen LogP contribution in [0.2, 0.25) is 0 Å². The molecular weight excluding hydrogens is 350 g/mol. The third-order valence-corrected chi connectivity index (χ3v) is 6.64. The monoisotopic (exact) mass is 377 g/mol. The molecule has 0 N–H and O–H groups in total. The molecule has 6 heteroatoms. The van der Waals surface area contributed by atoms with E-state index in [1.165, 1.54) is 18.4 Å². The second-order valence-electron chi connectivity index (χ2n) is 7.56. The van der Waals surface area contributed by atoms with Crippen LogP contribution in [0.4, 0.5) is 5.69 Å². The van der Waals surface area contributed by atoms with Crippen molar-refractivity contribution in [2.24, 2.45) is 11.8 Å². The molecule has 0 bridgehead atoms. The summed E-state index contributed by atoms with van der Waals surface area (Å²) in [4.78, 5) is 39.6. The molecule has 0 aromatic carbocycles. The number of rotatable bonds is 4. The molecule has 5 nitrogen and oxygen atoms in total. The van der Waals surface area contributed by atoms with Crippen molar-refractivity contribution < 1.29 is 19.1 Å². The topological polar surface area (TPSA) is 63.7 Å². The van der Waals surface area contributed by atoms with Crippen molar-refractivity contribution >= 4 is 34.7 Å². The maximum Gasteiger partial charge on any atom is 0.350 e. The fourth-order valence-electron chi connectivity index (χ4n) is 4.12. The molecule has 1 amide bonds. The summed E-state index contributed by atoms with van der Waals surface area (Å²) in [6.45, 7) is 2.24. The fourth-order valence-corrected chi connectivity index (χ4v) is 4.92. The zero-order valence-corrected chi connectivity index (χ0v) is 16.3.